The lowest BCUT2D eigenvalue weighted by atomic mass is 10.1. The first-order valence-corrected chi connectivity index (χ1v) is 9.98. The van der Waals surface area contributed by atoms with Crippen molar-refractivity contribution in [2.24, 2.45) is 0 Å². The highest BCUT2D eigenvalue weighted by Gasteiger charge is 2.23. The number of hydrogen-bond acceptors (Lipinski definition) is 6. The first-order chi connectivity index (χ1) is 15.1. The van der Waals surface area contributed by atoms with Crippen molar-refractivity contribution < 1.29 is 19.4 Å². The Kier molecular flexibility index (Phi) is 6.07. The van der Waals surface area contributed by atoms with E-state index < -0.39 is 5.97 Å². The number of pyridine rings is 2. The van der Waals surface area contributed by atoms with Crippen LogP contribution in [0.2, 0.25) is 0 Å². The number of nitrogens with zero attached hydrogens (tertiary/aromatic N) is 4. The lowest BCUT2D eigenvalue weighted by Gasteiger charge is -2.34. The zero-order valence-corrected chi connectivity index (χ0v) is 16.8. The summed E-state index contributed by atoms with van der Waals surface area (Å²) < 4.78 is 5.51. The number of aromatic carboxylic acids is 1. The summed E-state index contributed by atoms with van der Waals surface area (Å²) in [5.74, 6) is 0.195. The molecule has 8 nitrogen and oxygen atoms in total. The lowest BCUT2D eigenvalue weighted by Crippen LogP contribution is -2.49. The molecule has 8 heteroatoms. The quantitative estimate of drug-likeness (QED) is 0.680. The Labute approximate surface area is 179 Å². The van der Waals surface area contributed by atoms with Gasteiger partial charge in [-0.25, -0.2) is 14.6 Å². The van der Waals surface area contributed by atoms with E-state index in [0.29, 0.717) is 37.7 Å². The smallest absolute Gasteiger partial charge is 0.415 e. The summed E-state index contributed by atoms with van der Waals surface area (Å²) in [7, 11) is 0. The van der Waals surface area contributed by atoms with Crippen LogP contribution in [0.4, 0.5) is 10.6 Å². The Bertz CT molecular complexity index is 1030. The molecule has 1 fully saturated rings. The Morgan fingerprint density at radius 2 is 1.71 bits per heavy atom. The number of carbonyl (C=O) groups is 2. The maximum atomic E-state index is 12.5. The van der Waals surface area contributed by atoms with Gasteiger partial charge in [0.2, 0.25) is 0 Å². The maximum absolute atomic E-state index is 12.5. The minimum Gasteiger partial charge on any atom is -0.478 e. The summed E-state index contributed by atoms with van der Waals surface area (Å²) in [4.78, 5) is 35.6. The number of rotatable bonds is 5. The second-order valence-electron chi connectivity index (χ2n) is 7.19. The van der Waals surface area contributed by atoms with Crippen LogP contribution in [0, 0.1) is 0 Å². The van der Waals surface area contributed by atoms with Gasteiger partial charge < -0.3 is 19.6 Å². The van der Waals surface area contributed by atoms with Crippen LogP contribution >= 0.6 is 0 Å². The van der Waals surface area contributed by atoms with Crippen molar-refractivity contribution in [3.63, 3.8) is 0 Å². The number of benzene rings is 1. The van der Waals surface area contributed by atoms with Crippen molar-refractivity contribution >= 4 is 17.9 Å². The lowest BCUT2D eigenvalue weighted by molar-refractivity contribution is 0.0696. The van der Waals surface area contributed by atoms with Crippen LogP contribution < -0.4 is 9.64 Å². The molecule has 31 heavy (non-hydrogen) atoms. The van der Waals surface area contributed by atoms with E-state index in [2.05, 4.69) is 9.97 Å². The van der Waals surface area contributed by atoms with E-state index in [0.717, 1.165) is 17.7 Å². The van der Waals surface area contributed by atoms with Crippen LogP contribution in [-0.2, 0) is 6.42 Å². The molecule has 4 rings (SSSR count). The summed E-state index contributed by atoms with van der Waals surface area (Å²) in [6, 6.07) is 16.5. The first-order valence-electron chi connectivity index (χ1n) is 9.98. The summed E-state index contributed by atoms with van der Waals surface area (Å²) in [5.41, 5.74) is 2.22. The molecule has 1 aliphatic rings. The minimum atomic E-state index is -1.00. The van der Waals surface area contributed by atoms with E-state index in [4.69, 9.17) is 9.84 Å². The predicted octanol–water partition coefficient (Wildman–Crippen LogP) is 3.09. The molecule has 0 unspecified atom stereocenters. The molecule has 0 radical (unpaired) electrons. The van der Waals surface area contributed by atoms with Crippen LogP contribution in [0.15, 0.2) is 67.0 Å². The number of ether oxygens (including phenoxy) is 1. The van der Waals surface area contributed by atoms with Gasteiger partial charge in [-0.1, -0.05) is 18.2 Å². The molecule has 1 aliphatic heterocycles. The van der Waals surface area contributed by atoms with Crippen molar-refractivity contribution in [1.29, 1.82) is 0 Å². The fraction of sp³-hybridized carbons (Fsp3) is 0.217. The number of carboxylic acids is 1. The van der Waals surface area contributed by atoms with Crippen molar-refractivity contribution in [2.45, 2.75) is 6.42 Å². The normalized spacial score (nSPS) is 13.7. The van der Waals surface area contributed by atoms with Gasteiger partial charge in [0.05, 0.1) is 5.56 Å². The minimum absolute atomic E-state index is 0.150. The largest absolute Gasteiger partial charge is 0.478 e. The highest BCUT2D eigenvalue weighted by Crippen LogP contribution is 2.18. The summed E-state index contributed by atoms with van der Waals surface area (Å²) in [6.45, 7) is 2.19. The van der Waals surface area contributed by atoms with Crippen molar-refractivity contribution in [2.75, 3.05) is 31.1 Å². The van der Waals surface area contributed by atoms with Gasteiger partial charge in [0, 0.05) is 50.7 Å². The first kappa shape index (κ1) is 20.3. The molecule has 158 valence electrons. The fourth-order valence-electron chi connectivity index (χ4n) is 3.37. The third kappa shape index (κ3) is 5.16. The number of anilines is 1. The van der Waals surface area contributed by atoms with E-state index in [1.807, 2.05) is 35.2 Å². The zero-order chi connectivity index (χ0) is 21.6. The molecule has 1 aromatic carbocycles. The number of carbonyl (C=O) groups excluding carboxylic acids is 1. The van der Waals surface area contributed by atoms with Crippen LogP contribution in [0.1, 0.15) is 21.6 Å². The zero-order valence-electron chi connectivity index (χ0n) is 16.8. The molecule has 0 spiro atoms. The van der Waals surface area contributed by atoms with Gasteiger partial charge in [-0.3, -0.25) is 4.98 Å². The molecule has 0 saturated carbocycles. The third-order valence-electron chi connectivity index (χ3n) is 5.10. The van der Waals surface area contributed by atoms with Gasteiger partial charge >= 0.3 is 12.1 Å². The molecule has 1 saturated heterocycles. The Morgan fingerprint density at radius 1 is 0.935 bits per heavy atom. The standard InChI is InChI=1S/C23H22N4O4/c28-22(29)18-6-9-21(25-16-18)26-11-13-27(14-12-26)23(30)31-20-7-4-17(5-8-20)15-19-3-1-2-10-24-19/h1-10,16H,11-15H2,(H,28,29). The molecule has 3 aromatic rings. The molecule has 0 aliphatic carbocycles. The topological polar surface area (TPSA) is 95.9 Å². The summed E-state index contributed by atoms with van der Waals surface area (Å²) in [6.07, 6.45) is 3.45. The van der Waals surface area contributed by atoms with Crippen molar-refractivity contribution in [3.8, 4) is 5.75 Å². The molecule has 1 N–H and O–H groups in total. The Morgan fingerprint density at radius 3 is 2.32 bits per heavy atom. The van der Waals surface area contributed by atoms with Crippen LogP contribution in [0.25, 0.3) is 0 Å². The van der Waals surface area contributed by atoms with Crippen LogP contribution in [-0.4, -0.2) is 58.2 Å². The second-order valence-corrected chi connectivity index (χ2v) is 7.19. The molecular formula is C23H22N4O4. The average molecular weight is 418 g/mol. The van der Waals surface area contributed by atoms with Gasteiger partial charge in [0.15, 0.2) is 0 Å². The van der Waals surface area contributed by atoms with Crippen molar-refractivity contribution in [1.82, 2.24) is 14.9 Å². The van der Waals surface area contributed by atoms with Gasteiger partial charge in [-0.15, -0.1) is 0 Å². The molecule has 0 bridgehead atoms. The summed E-state index contributed by atoms with van der Waals surface area (Å²) >= 11 is 0. The van der Waals surface area contributed by atoms with E-state index in [9.17, 15) is 9.59 Å². The number of hydrogen-bond donors (Lipinski definition) is 1. The van der Waals surface area contributed by atoms with E-state index in [-0.39, 0.29) is 11.7 Å². The van der Waals surface area contributed by atoms with Crippen molar-refractivity contribution in [3.05, 3.63) is 83.8 Å². The van der Waals surface area contributed by atoms with E-state index in [1.54, 1.807) is 29.3 Å². The highest BCUT2D eigenvalue weighted by molar-refractivity contribution is 5.87. The molecular weight excluding hydrogens is 396 g/mol. The van der Waals surface area contributed by atoms with Gasteiger partial charge in [0.25, 0.3) is 0 Å². The predicted molar refractivity (Wildman–Crippen MR) is 114 cm³/mol. The highest BCUT2D eigenvalue weighted by atomic mass is 16.6. The third-order valence-corrected chi connectivity index (χ3v) is 5.10. The molecule has 0 atom stereocenters. The number of carboxylic acid groups (broad SMARTS) is 1. The number of aromatic nitrogens is 2. The Balaban J connectivity index is 1.28. The van der Waals surface area contributed by atoms with E-state index in [1.165, 1.54) is 12.3 Å². The van der Waals surface area contributed by atoms with Crippen LogP contribution in [0.3, 0.4) is 0 Å². The molecule has 1 amide bonds. The Hall–Kier alpha value is -3.94. The second kappa shape index (κ2) is 9.25. The van der Waals surface area contributed by atoms with Gasteiger partial charge in [-0.05, 0) is 42.0 Å². The average Bonchev–Trinajstić information content (AvgIpc) is 2.81. The van der Waals surface area contributed by atoms with Crippen LogP contribution in [0.5, 0.6) is 5.75 Å². The summed E-state index contributed by atoms with van der Waals surface area (Å²) in [5, 5.41) is 8.97. The molecule has 3 heterocycles. The number of amides is 1. The van der Waals surface area contributed by atoms with E-state index >= 15 is 0 Å². The monoisotopic (exact) mass is 418 g/mol. The fourth-order valence-corrected chi connectivity index (χ4v) is 3.37. The maximum Gasteiger partial charge on any atom is 0.415 e. The SMILES string of the molecule is O=C(O)c1ccc(N2CCN(C(=O)Oc3ccc(Cc4ccccn4)cc3)CC2)nc1. The molecule has 2 aromatic heterocycles. The van der Waals surface area contributed by atoms with Gasteiger partial charge in [0.1, 0.15) is 11.6 Å². The number of piperazine rings is 1. The van der Waals surface area contributed by atoms with Gasteiger partial charge in [-0.2, -0.15) is 0 Å².